The van der Waals surface area contributed by atoms with E-state index in [-0.39, 0.29) is 0 Å². The normalized spacial score (nSPS) is 14.3. The minimum atomic E-state index is -0.464. The van der Waals surface area contributed by atoms with Crippen molar-refractivity contribution >= 4 is 0 Å². The zero-order chi connectivity index (χ0) is 17.2. The summed E-state index contributed by atoms with van der Waals surface area (Å²) in [5.74, 6) is 1.36. The number of benzene rings is 1. The first-order valence-corrected chi connectivity index (χ1v) is 8.59. The lowest BCUT2D eigenvalue weighted by molar-refractivity contribution is 0.000115. The molecule has 4 nitrogen and oxygen atoms in total. The zero-order valence-corrected chi connectivity index (χ0v) is 15.3. The van der Waals surface area contributed by atoms with Gasteiger partial charge in [-0.25, -0.2) is 0 Å². The van der Waals surface area contributed by atoms with Gasteiger partial charge >= 0.3 is 0 Å². The standard InChI is InChI=1S/C19H33NO3/c1-6-16(4)20(12-18(21)14-23-13-15(2)3)11-17-8-7-9-19(10-17)22-5/h7-10,15-16,18,21H,6,11-14H2,1-5H3/t16-,18-/m0/s1. The first kappa shape index (κ1) is 19.9. The molecule has 0 saturated carbocycles. The summed E-state index contributed by atoms with van der Waals surface area (Å²) in [4.78, 5) is 2.30. The van der Waals surface area contributed by atoms with Gasteiger partial charge in [0.25, 0.3) is 0 Å². The van der Waals surface area contributed by atoms with E-state index in [0.717, 1.165) is 18.7 Å². The Kier molecular flexibility index (Phi) is 9.22. The molecule has 0 aliphatic rings. The van der Waals surface area contributed by atoms with Crippen molar-refractivity contribution in [2.24, 2.45) is 5.92 Å². The Hall–Kier alpha value is -1.10. The minimum absolute atomic E-state index is 0.392. The van der Waals surface area contributed by atoms with Gasteiger partial charge in [-0.15, -0.1) is 0 Å². The van der Waals surface area contributed by atoms with Crippen LogP contribution in [-0.4, -0.2) is 49.0 Å². The van der Waals surface area contributed by atoms with Gasteiger partial charge in [0.05, 0.1) is 19.8 Å². The molecule has 1 rings (SSSR count). The SMILES string of the molecule is CC[C@H](C)N(Cc1cccc(OC)c1)C[C@H](O)COCC(C)C. The van der Waals surface area contributed by atoms with Gasteiger partial charge in [0.1, 0.15) is 5.75 Å². The van der Waals surface area contributed by atoms with E-state index in [2.05, 4.69) is 44.7 Å². The molecule has 0 radical (unpaired) electrons. The molecular weight excluding hydrogens is 290 g/mol. The zero-order valence-electron chi connectivity index (χ0n) is 15.3. The van der Waals surface area contributed by atoms with Crippen molar-refractivity contribution in [2.45, 2.75) is 52.8 Å². The Morgan fingerprint density at radius 1 is 1.17 bits per heavy atom. The average Bonchev–Trinajstić information content (AvgIpc) is 2.53. The number of aliphatic hydroxyl groups is 1. The summed E-state index contributed by atoms with van der Waals surface area (Å²) in [5, 5.41) is 10.3. The highest BCUT2D eigenvalue weighted by Crippen LogP contribution is 2.17. The second kappa shape index (κ2) is 10.6. The van der Waals surface area contributed by atoms with E-state index in [1.165, 1.54) is 5.56 Å². The molecule has 0 saturated heterocycles. The van der Waals surface area contributed by atoms with Crippen LogP contribution in [0.3, 0.4) is 0 Å². The van der Waals surface area contributed by atoms with E-state index in [4.69, 9.17) is 9.47 Å². The van der Waals surface area contributed by atoms with E-state index in [9.17, 15) is 5.11 Å². The molecule has 23 heavy (non-hydrogen) atoms. The van der Waals surface area contributed by atoms with Gasteiger partial charge in [-0.3, -0.25) is 4.90 Å². The monoisotopic (exact) mass is 323 g/mol. The summed E-state index contributed by atoms with van der Waals surface area (Å²) >= 11 is 0. The highest BCUT2D eigenvalue weighted by atomic mass is 16.5. The number of ether oxygens (including phenoxy) is 2. The minimum Gasteiger partial charge on any atom is -0.497 e. The van der Waals surface area contributed by atoms with Crippen LogP contribution in [0.1, 0.15) is 39.7 Å². The molecule has 0 spiro atoms. The lowest BCUT2D eigenvalue weighted by Gasteiger charge is -2.30. The number of rotatable bonds is 11. The van der Waals surface area contributed by atoms with Gasteiger partial charge in [0, 0.05) is 25.7 Å². The van der Waals surface area contributed by atoms with E-state index in [0.29, 0.717) is 31.7 Å². The second-order valence-corrected chi connectivity index (χ2v) is 6.62. The largest absolute Gasteiger partial charge is 0.497 e. The predicted octanol–water partition coefficient (Wildman–Crippen LogP) is 3.33. The fourth-order valence-corrected chi connectivity index (χ4v) is 2.43. The number of hydrogen-bond acceptors (Lipinski definition) is 4. The Bertz CT molecular complexity index is 436. The summed E-state index contributed by atoms with van der Waals surface area (Å²) in [5.41, 5.74) is 1.19. The molecule has 0 heterocycles. The molecule has 0 aliphatic carbocycles. The van der Waals surface area contributed by atoms with E-state index < -0.39 is 6.10 Å². The number of hydrogen-bond donors (Lipinski definition) is 1. The van der Waals surface area contributed by atoms with Crippen LogP contribution in [0.15, 0.2) is 24.3 Å². The van der Waals surface area contributed by atoms with Crippen LogP contribution in [0, 0.1) is 5.92 Å². The smallest absolute Gasteiger partial charge is 0.119 e. The van der Waals surface area contributed by atoms with Crippen LogP contribution < -0.4 is 4.74 Å². The molecule has 0 aromatic heterocycles. The van der Waals surface area contributed by atoms with Crippen molar-refractivity contribution in [3.8, 4) is 5.75 Å². The van der Waals surface area contributed by atoms with Gasteiger partial charge in [-0.2, -0.15) is 0 Å². The fraction of sp³-hybridized carbons (Fsp3) is 0.684. The molecule has 0 bridgehead atoms. The first-order chi connectivity index (χ1) is 11.0. The van der Waals surface area contributed by atoms with Crippen molar-refractivity contribution in [3.63, 3.8) is 0 Å². The van der Waals surface area contributed by atoms with Crippen LogP contribution in [0.2, 0.25) is 0 Å². The molecule has 1 aromatic carbocycles. The van der Waals surface area contributed by atoms with Gasteiger partial charge in [0.2, 0.25) is 0 Å². The summed E-state index contributed by atoms with van der Waals surface area (Å²) in [6.07, 6.45) is 0.581. The fourth-order valence-electron chi connectivity index (χ4n) is 2.43. The third-order valence-corrected chi connectivity index (χ3v) is 3.94. The lowest BCUT2D eigenvalue weighted by Crippen LogP contribution is -2.40. The predicted molar refractivity (Wildman–Crippen MR) is 94.8 cm³/mol. The van der Waals surface area contributed by atoms with Gasteiger partial charge in [-0.1, -0.05) is 32.9 Å². The molecule has 1 N–H and O–H groups in total. The summed E-state index contributed by atoms with van der Waals surface area (Å²) in [6, 6.07) is 8.51. The molecule has 2 atom stereocenters. The van der Waals surface area contributed by atoms with Gasteiger partial charge in [-0.05, 0) is 37.0 Å². The second-order valence-electron chi connectivity index (χ2n) is 6.62. The lowest BCUT2D eigenvalue weighted by atomic mass is 10.1. The maximum absolute atomic E-state index is 10.3. The molecule has 1 aromatic rings. The van der Waals surface area contributed by atoms with Crippen LogP contribution in [0.25, 0.3) is 0 Å². The summed E-state index contributed by atoms with van der Waals surface area (Å²) in [6.45, 7) is 11.1. The summed E-state index contributed by atoms with van der Waals surface area (Å²) in [7, 11) is 1.68. The Morgan fingerprint density at radius 3 is 2.52 bits per heavy atom. The van der Waals surface area contributed by atoms with Crippen molar-refractivity contribution in [1.82, 2.24) is 4.90 Å². The number of aliphatic hydroxyl groups excluding tert-OH is 1. The number of nitrogens with zero attached hydrogens (tertiary/aromatic N) is 1. The van der Waals surface area contributed by atoms with Crippen LogP contribution in [0.5, 0.6) is 5.75 Å². The maximum Gasteiger partial charge on any atom is 0.119 e. The summed E-state index contributed by atoms with van der Waals surface area (Å²) < 4.78 is 10.9. The quantitative estimate of drug-likeness (QED) is 0.678. The first-order valence-electron chi connectivity index (χ1n) is 8.59. The maximum atomic E-state index is 10.3. The topological polar surface area (TPSA) is 41.9 Å². The Morgan fingerprint density at radius 2 is 1.91 bits per heavy atom. The van der Waals surface area contributed by atoms with E-state index >= 15 is 0 Å². The van der Waals surface area contributed by atoms with Crippen molar-refractivity contribution in [1.29, 1.82) is 0 Å². The molecule has 0 aliphatic heterocycles. The van der Waals surface area contributed by atoms with Crippen LogP contribution in [0.4, 0.5) is 0 Å². The molecule has 0 unspecified atom stereocenters. The Balaban J connectivity index is 2.61. The van der Waals surface area contributed by atoms with Crippen LogP contribution >= 0.6 is 0 Å². The van der Waals surface area contributed by atoms with Crippen LogP contribution in [-0.2, 0) is 11.3 Å². The molecular formula is C19H33NO3. The van der Waals surface area contributed by atoms with Crippen molar-refractivity contribution in [2.75, 3.05) is 26.9 Å². The average molecular weight is 323 g/mol. The molecule has 132 valence electrons. The van der Waals surface area contributed by atoms with E-state index in [1.807, 2.05) is 12.1 Å². The van der Waals surface area contributed by atoms with Gasteiger partial charge < -0.3 is 14.6 Å². The third-order valence-electron chi connectivity index (χ3n) is 3.94. The highest BCUT2D eigenvalue weighted by Gasteiger charge is 2.17. The van der Waals surface area contributed by atoms with Crippen molar-refractivity contribution < 1.29 is 14.6 Å². The Labute approximate surface area is 141 Å². The van der Waals surface area contributed by atoms with Gasteiger partial charge in [0.15, 0.2) is 0 Å². The highest BCUT2D eigenvalue weighted by molar-refractivity contribution is 5.28. The van der Waals surface area contributed by atoms with Crippen molar-refractivity contribution in [3.05, 3.63) is 29.8 Å². The third kappa shape index (κ3) is 7.82. The number of methoxy groups -OCH3 is 1. The molecule has 0 fully saturated rings. The van der Waals surface area contributed by atoms with E-state index in [1.54, 1.807) is 7.11 Å². The molecule has 0 amide bonds. The molecule has 4 heteroatoms.